The van der Waals surface area contributed by atoms with Gasteiger partial charge in [-0.1, -0.05) is 11.6 Å². The van der Waals surface area contributed by atoms with Gasteiger partial charge in [0.1, 0.15) is 17.1 Å². The van der Waals surface area contributed by atoms with E-state index in [0.717, 1.165) is 48.3 Å². The average molecular weight is 479 g/mol. The molecule has 3 aromatic heterocycles. The molecule has 0 radical (unpaired) electrons. The third-order valence-electron chi connectivity index (χ3n) is 6.21. The van der Waals surface area contributed by atoms with Crippen molar-refractivity contribution in [3.8, 4) is 22.8 Å². The molecule has 1 aliphatic carbocycles. The molecule has 1 fully saturated rings. The van der Waals surface area contributed by atoms with Crippen LogP contribution in [0.4, 0.5) is 11.6 Å². The number of fused-ring (bicyclic) bond motifs is 1. The van der Waals surface area contributed by atoms with E-state index in [1.54, 1.807) is 32.7 Å². The van der Waals surface area contributed by atoms with E-state index in [-0.39, 0.29) is 0 Å². The van der Waals surface area contributed by atoms with Crippen LogP contribution in [-0.4, -0.2) is 45.7 Å². The Morgan fingerprint density at radius 3 is 2.35 bits per heavy atom. The minimum atomic E-state index is 0.407. The Labute approximate surface area is 203 Å². The third kappa shape index (κ3) is 4.72. The summed E-state index contributed by atoms with van der Waals surface area (Å²) in [4.78, 5) is 13.4. The first-order valence-electron chi connectivity index (χ1n) is 11.3. The first-order chi connectivity index (χ1) is 16.6. The van der Waals surface area contributed by atoms with Gasteiger partial charge in [0, 0.05) is 60.3 Å². The molecule has 1 aromatic carbocycles. The van der Waals surface area contributed by atoms with Crippen LogP contribution in [-0.2, 0) is 0 Å². The summed E-state index contributed by atoms with van der Waals surface area (Å²) < 4.78 is 12.9. The van der Waals surface area contributed by atoms with Crippen molar-refractivity contribution >= 4 is 28.9 Å². The van der Waals surface area contributed by atoms with Gasteiger partial charge in [0.25, 0.3) is 0 Å². The second-order valence-corrected chi connectivity index (χ2v) is 8.81. The molecule has 3 heterocycles. The zero-order valence-corrected chi connectivity index (χ0v) is 19.9. The molecule has 0 amide bonds. The lowest BCUT2D eigenvalue weighted by Gasteiger charge is -2.30. The standard InChI is InChI=1S/C25H27ClN6O2/c1-33-22-14-23(34-2)20(26)13-19(22)21-15-32-11-8-18(12-24(32)31-21)29-16-4-6-17(7-5-16)30-25-27-9-3-10-28-25/h3,8-17,29H,4-7H2,1-2H3,(H,27,28,30). The molecule has 0 unspecified atom stereocenters. The van der Waals surface area contributed by atoms with Gasteiger partial charge in [-0.15, -0.1) is 0 Å². The number of halogens is 1. The van der Waals surface area contributed by atoms with E-state index >= 15 is 0 Å². The monoisotopic (exact) mass is 478 g/mol. The van der Waals surface area contributed by atoms with Crippen molar-refractivity contribution in [3.05, 3.63) is 60.1 Å². The highest BCUT2D eigenvalue weighted by Gasteiger charge is 2.22. The Hall–Kier alpha value is -3.52. The van der Waals surface area contributed by atoms with Crippen LogP contribution in [0.15, 0.2) is 55.1 Å². The molecule has 5 rings (SSSR count). The molecule has 8 nitrogen and oxygen atoms in total. The average Bonchev–Trinajstić information content (AvgIpc) is 3.29. The van der Waals surface area contributed by atoms with Crippen molar-refractivity contribution in [2.45, 2.75) is 37.8 Å². The van der Waals surface area contributed by atoms with Gasteiger partial charge in [0.05, 0.1) is 24.9 Å². The second-order valence-electron chi connectivity index (χ2n) is 8.40. The van der Waals surface area contributed by atoms with E-state index in [2.05, 4.69) is 32.7 Å². The molecule has 0 saturated heterocycles. The van der Waals surface area contributed by atoms with Gasteiger partial charge in [-0.3, -0.25) is 0 Å². The van der Waals surface area contributed by atoms with Crippen LogP contribution in [0.3, 0.4) is 0 Å². The van der Waals surface area contributed by atoms with Gasteiger partial charge in [-0.05, 0) is 43.9 Å². The lowest BCUT2D eigenvalue weighted by atomic mass is 9.91. The molecule has 1 saturated carbocycles. The van der Waals surface area contributed by atoms with E-state index in [0.29, 0.717) is 34.6 Å². The number of methoxy groups -OCH3 is 2. The highest BCUT2D eigenvalue weighted by atomic mass is 35.5. The Kier molecular flexibility index (Phi) is 6.40. The van der Waals surface area contributed by atoms with Crippen LogP contribution >= 0.6 is 11.6 Å². The second kappa shape index (κ2) is 9.77. The molecule has 176 valence electrons. The van der Waals surface area contributed by atoms with Crippen molar-refractivity contribution in [1.82, 2.24) is 19.4 Å². The van der Waals surface area contributed by atoms with Crippen LogP contribution in [0.1, 0.15) is 25.7 Å². The number of ether oxygens (including phenoxy) is 2. The molecule has 2 N–H and O–H groups in total. The summed E-state index contributed by atoms with van der Waals surface area (Å²) in [5, 5.41) is 7.63. The van der Waals surface area contributed by atoms with E-state index in [1.165, 1.54) is 0 Å². The summed E-state index contributed by atoms with van der Waals surface area (Å²) in [6.07, 6.45) is 11.8. The Bertz CT molecular complexity index is 1270. The minimum Gasteiger partial charge on any atom is -0.496 e. The zero-order valence-electron chi connectivity index (χ0n) is 19.2. The normalized spacial score (nSPS) is 18.0. The smallest absolute Gasteiger partial charge is 0.222 e. The lowest BCUT2D eigenvalue weighted by Crippen LogP contribution is -2.32. The molecular formula is C25H27ClN6O2. The molecule has 0 bridgehead atoms. The van der Waals surface area contributed by atoms with Gasteiger partial charge in [-0.25, -0.2) is 15.0 Å². The molecule has 4 aromatic rings. The van der Waals surface area contributed by atoms with E-state index in [4.69, 9.17) is 26.1 Å². The number of hydrogen-bond donors (Lipinski definition) is 2. The Balaban J connectivity index is 1.27. The van der Waals surface area contributed by atoms with Crippen LogP contribution < -0.4 is 20.1 Å². The summed E-state index contributed by atoms with van der Waals surface area (Å²) in [6, 6.07) is 10.4. The Morgan fingerprint density at radius 1 is 0.941 bits per heavy atom. The number of nitrogens with zero attached hydrogens (tertiary/aromatic N) is 4. The first-order valence-corrected chi connectivity index (χ1v) is 11.7. The summed E-state index contributed by atoms with van der Waals surface area (Å²) in [5.74, 6) is 1.93. The number of rotatable bonds is 7. The predicted molar refractivity (Wildman–Crippen MR) is 134 cm³/mol. The van der Waals surface area contributed by atoms with Crippen LogP contribution in [0.25, 0.3) is 16.9 Å². The van der Waals surface area contributed by atoms with E-state index in [9.17, 15) is 0 Å². The maximum atomic E-state index is 6.36. The molecule has 0 spiro atoms. The van der Waals surface area contributed by atoms with Crippen molar-refractivity contribution in [3.63, 3.8) is 0 Å². The summed E-state index contributed by atoms with van der Waals surface area (Å²) in [6.45, 7) is 0. The fraction of sp³-hybridized carbons (Fsp3) is 0.320. The highest BCUT2D eigenvalue weighted by molar-refractivity contribution is 6.32. The number of nitrogens with one attached hydrogen (secondary N) is 2. The SMILES string of the molecule is COc1cc(OC)c(-c2cn3ccc(NC4CCC(Nc5ncccn5)CC4)cc3n2)cc1Cl. The highest BCUT2D eigenvalue weighted by Crippen LogP contribution is 2.38. The fourth-order valence-electron chi connectivity index (χ4n) is 4.44. The molecule has 1 aliphatic rings. The van der Waals surface area contributed by atoms with E-state index < -0.39 is 0 Å². The van der Waals surface area contributed by atoms with Gasteiger partial charge in [0.15, 0.2) is 0 Å². The van der Waals surface area contributed by atoms with Gasteiger partial charge < -0.3 is 24.5 Å². The predicted octanol–water partition coefficient (Wildman–Crippen LogP) is 5.30. The molecule has 9 heteroatoms. The quantitative estimate of drug-likeness (QED) is 0.373. The van der Waals surface area contributed by atoms with E-state index in [1.807, 2.05) is 28.9 Å². The number of benzene rings is 1. The summed E-state index contributed by atoms with van der Waals surface area (Å²) in [5.41, 5.74) is 3.52. The van der Waals surface area contributed by atoms with Crippen molar-refractivity contribution in [2.24, 2.45) is 0 Å². The van der Waals surface area contributed by atoms with Gasteiger partial charge in [-0.2, -0.15) is 0 Å². The topological polar surface area (TPSA) is 85.6 Å². The molecule has 34 heavy (non-hydrogen) atoms. The zero-order chi connectivity index (χ0) is 23.5. The molecular weight excluding hydrogens is 452 g/mol. The number of aromatic nitrogens is 4. The summed E-state index contributed by atoms with van der Waals surface area (Å²) >= 11 is 6.36. The Morgan fingerprint density at radius 2 is 1.65 bits per heavy atom. The third-order valence-corrected chi connectivity index (χ3v) is 6.50. The number of anilines is 2. The van der Waals surface area contributed by atoms with Crippen molar-refractivity contribution in [2.75, 3.05) is 24.9 Å². The van der Waals surface area contributed by atoms with Gasteiger partial charge >= 0.3 is 0 Å². The van der Waals surface area contributed by atoms with Crippen LogP contribution in [0.5, 0.6) is 11.5 Å². The van der Waals surface area contributed by atoms with Crippen molar-refractivity contribution in [1.29, 1.82) is 0 Å². The number of hydrogen-bond acceptors (Lipinski definition) is 7. The largest absolute Gasteiger partial charge is 0.496 e. The van der Waals surface area contributed by atoms with Crippen molar-refractivity contribution < 1.29 is 9.47 Å². The lowest BCUT2D eigenvalue weighted by molar-refractivity contribution is 0.395. The van der Waals surface area contributed by atoms with Crippen LogP contribution in [0, 0.1) is 0 Å². The first kappa shape index (κ1) is 22.3. The maximum absolute atomic E-state index is 6.36. The number of imidazole rings is 1. The maximum Gasteiger partial charge on any atom is 0.222 e. The van der Waals surface area contributed by atoms with Gasteiger partial charge in [0.2, 0.25) is 5.95 Å². The minimum absolute atomic E-state index is 0.407. The molecule has 0 aliphatic heterocycles. The summed E-state index contributed by atoms with van der Waals surface area (Å²) in [7, 11) is 3.21. The fourth-order valence-corrected chi connectivity index (χ4v) is 4.68. The number of pyridine rings is 1. The van der Waals surface area contributed by atoms with Crippen LogP contribution in [0.2, 0.25) is 5.02 Å². The molecule has 0 atom stereocenters.